The second-order valence-corrected chi connectivity index (χ2v) is 5.64. The van der Waals surface area contributed by atoms with E-state index >= 15 is 0 Å². The molecule has 2 nitrogen and oxygen atoms in total. The molecule has 1 N–H and O–H groups in total. The second-order valence-electron chi connectivity index (χ2n) is 4.41. The summed E-state index contributed by atoms with van der Waals surface area (Å²) in [5.74, 6) is 0.742. The Morgan fingerprint density at radius 2 is 2.06 bits per heavy atom. The van der Waals surface area contributed by atoms with Gasteiger partial charge in [-0.2, -0.15) is 0 Å². The molecule has 0 aliphatic rings. The Morgan fingerprint density at radius 3 is 2.59 bits per heavy atom. The van der Waals surface area contributed by atoms with Gasteiger partial charge in [0.15, 0.2) is 0 Å². The molecule has 0 fully saturated rings. The van der Waals surface area contributed by atoms with Crippen molar-refractivity contribution in [2.75, 3.05) is 5.88 Å². The molecule has 94 valence electrons. The van der Waals surface area contributed by atoms with Crippen LogP contribution in [0, 0.1) is 12.8 Å². The van der Waals surface area contributed by atoms with Gasteiger partial charge in [-0.3, -0.25) is 4.79 Å². The Hall–Kier alpha value is -0.540. The van der Waals surface area contributed by atoms with Crippen molar-refractivity contribution in [2.45, 2.75) is 26.8 Å². The van der Waals surface area contributed by atoms with E-state index in [0.717, 1.165) is 10.0 Å². The van der Waals surface area contributed by atoms with Crippen LogP contribution in [0.15, 0.2) is 22.7 Å². The highest BCUT2D eigenvalue weighted by Crippen LogP contribution is 2.16. The van der Waals surface area contributed by atoms with E-state index in [1.54, 1.807) is 0 Å². The number of nitrogens with one attached hydrogen (secondary N) is 1. The number of halogens is 2. The molecular formula is C13H17BrClNO. The number of rotatable bonds is 4. The lowest BCUT2D eigenvalue weighted by Gasteiger charge is -2.19. The van der Waals surface area contributed by atoms with Gasteiger partial charge in [0.25, 0.3) is 5.91 Å². The first-order valence-corrected chi connectivity index (χ1v) is 6.90. The fourth-order valence-electron chi connectivity index (χ4n) is 1.43. The van der Waals surface area contributed by atoms with Crippen molar-refractivity contribution in [3.8, 4) is 0 Å². The van der Waals surface area contributed by atoms with Crippen LogP contribution in [-0.2, 0) is 0 Å². The van der Waals surface area contributed by atoms with E-state index in [2.05, 4.69) is 21.2 Å². The molecule has 0 bridgehead atoms. The lowest BCUT2D eigenvalue weighted by molar-refractivity contribution is 0.0931. The van der Waals surface area contributed by atoms with Gasteiger partial charge in [0, 0.05) is 22.0 Å². The number of carbonyl (C=O) groups is 1. The molecular weight excluding hydrogens is 302 g/mol. The number of amides is 1. The summed E-state index contributed by atoms with van der Waals surface area (Å²) >= 11 is 9.16. The highest BCUT2D eigenvalue weighted by Gasteiger charge is 2.15. The third kappa shape index (κ3) is 4.32. The maximum atomic E-state index is 12.0. The van der Waals surface area contributed by atoms with Crippen LogP contribution in [0.25, 0.3) is 0 Å². The number of hydrogen-bond acceptors (Lipinski definition) is 1. The number of carbonyl (C=O) groups excluding carboxylic acids is 1. The summed E-state index contributed by atoms with van der Waals surface area (Å²) < 4.78 is 0.917. The molecule has 2 unspecified atom stereocenters. The summed E-state index contributed by atoms with van der Waals surface area (Å²) in [5.41, 5.74) is 1.73. The van der Waals surface area contributed by atoms with Crippen LogP contribution in [0.3, 0.4) is 0 Å². The first-order chi connectivity index (χ1) is 7.93. The average Bonchev–Trinajstić information content (AvgIpc) is 2.26. The second kappa shape index (κ2) is 6.41. The SMILES string of the molecule is Cc1cc(Br)cc(C(=O)NC(C)C(C)CCl)c1. The van der Waals surface area contributed by atoms with E-state index in [0.29, 0.717) is 11.4 Å². The van der Waals surface area contributed by atoms with Gasteiger partial charge in [-0.1, -0.05) is 22.9 Å². The third-order valence-corrected chi connectivity index (χ3v) is 3.70. The first kappa shape index (κ1) is 14.5. The molecule has 1 aromatic carbocycles. The molecule has 0 saturated carbocycles. The molecule has 1 aromatic rings. The molecule has 0 aliphatic heterocycles. The predicted molar refractivity (Wildman–Crippen MR) is 75.7 cm³/mol. The predicted octanol–water partition coefficient (Wildman–Crippen LogP) is 3.75. The number of hydrogen-bond donors (Lipinski definition) is 1. The fraction of sp³-hybridized carbons (Fsp3) is 0.462. The van der Waals surface area contributed by atoms with Crippen molar-refractivity contribution < 1.29 is 4.79 Å². The van der Waals surface area contributed by atoms with Crippen molar-refractivity contribution in [3.05, 3.63) is 33.8 Å². The van der Waals surface area contributed by atoms with Crippen LogP contribution in [-0.4, -0.2) is 17.8 Å². The maximum absolute atomic E-state index is 12.0. The molecule has 0 saturated heterocycles. The van der Waals surface area contributed by atoms with Crippen LogP contribution >= 0.6 is 27.5 Å². The van der Waals surface area contributed by atoms with Crippen LogP contribution < -0.4 is 5.32 Å². The van der Waals surface area contributed by atoms with Crippen molar-refractivity contribution in [1.29, 1.82) is 0 Å². The lowest BCUT2D eigenvalue weighted by Crippen LogP contribution is -2.37. The van der Waals surface area contributed by atoms with Crippen LogP contribution in [0.5, 0.6) is 0 Å². The quantitative estimate of drug-likeness (QED) is 0.842. The minimum atomic E-state index is -0.0566. The highest BCUT2D eigenvalue weighted by atomic mass is 79.9. The summed E-state index contributed by atoms with van der Waals surface area (Å²) in [5, 5.41) is 2.96. The van der Waals surface area contributed by atoms with E-state index in [1.807, 2.05) is 39.0 Å². The van der Waals surface area contributed by atoms with Crippen molar-refractivity contribution in [1.82, 2.24) is 5.32 Å². The van der Waals surface area contributed by atoms with Crippen LogP contribution in [0.4, 0.5) is 0 Å². The molecule has 17 heavy (non-hydrogen) atoms. The van der Waals surface area contributed by atoms with Crippen LogP contribution in [0.1, 0.15) is 29.8 Å². The highest BCUT2D eigenvalue weighted by molar-refractivity contribution is 9.10. The summed E-state index contributed by atoms with van der Waals surface area (Å²) in [7, 11) is 0. The van der Waals surface area contributed by atoms with Gasteiger partial charge in [0.05, 0.1) is 0 Å². The monoisotopic (exact) mass is 317 g/mol. The van der Waals surface area contributed by atoms with E-state index < -0.39 is 0 Å². The maximum Gasteiger partial charge on any atom is 0.251 e. The van der Waals surface area contributed by atoms with Crippen molar-refractivity contribution in [2.24, 2.45) is 5.92 Å². The number of benzene rings is 1. The Morgan fingerprint density at radius 1 is 1.41 bits per heavy atom. The van der Waals surface area contributed by atoms with Gasteiger partial charge in [-0.25, -0.2) is 0 Å². The zero-order valence-electron chi connectivity index (χ0n) is 10.3. The third-order valence-electron chi connectivity index (χ3n) is 2.76. The van der Waals surface area contributed by atoms with Gasteiger partial charge in [0.1, 0.15) is 0 Å². The Kier molecular flexibility index (Phi) is 5.47. The van der Waals surface area contributed by atoms with Crippen LogP contribution in [0.2, 0.25) is 0 Å². The smallest absolute Gasteiger partial charge is 0.251 e. The first-order valence-electron chi connectivity index (χ1n) is 5.58. The van der Waals surface area contributed by atoms with Gasteiger partial charge >= 0.3 is 0 Å². The standard InChI is InChI=1S/C13H17BrClNO/c1-8-4-11(6-12(14)5-8)13(17)16-10(3)9(2)7-15/h4-6,9-10H,7H2,1-3H3,(H,16,17). The fourth-order valence-corrected chi connectivity index (χ4v) is 2.31. The van der Waals surface area contributed by atoms with E-state index in [9.17, 15) is 4.79 Å². The summed E-state index contributed by atoms with van der Waals surface area (Å²) in [4.78, 5) is 12.0. The van der Waals surface area contributed by atoms with E-state index in [1.165, 1.54) is 0 Å². The summed E-state index contributed by atoms with van der Waals surface area (Å²) in [6, 6.07) is 5.74. The van der Waals surface area contributed by atoms with Gasteiger partial charge in [-0.15, -0.1) is 11.6 Å². The molecule has 0 radical (unpaired) electrons. The molecule has 0 aromatic heterocycles. The average molecular weight is 319 g/mol. The molecule has 0 spiro atoms. The van der Waals surface area contributed by atoms with Crippen molar-refractivity contribution >= 4 is 33.4 Å². The number of aryl methyl sites for hydroxylation is 1. The van der Waals surface area contributed by atoms with Gasteiger partial charge in [0.2, 0.25) is 0 Å². The Labute approximate surface area is 116 Å². The molecule has 0 aliphatic carbocycles. The van der Waals surface area contributed by atoms with Gasteiger partial charge < -0.3 is 5.32 Å². The Balaban J connectivity index is 2.76. The summed E-state index contributed by atoms with van der Waals surface area (Å²) in [6.45, 7) is 5.95. The molecule has 1 rings (SSSR count). The van der Waals surface area contributed by atoms with E-state index in [-0.39, 0.29) is 17.9 Å². The van der Waals surface area contributed by atoms with Gasteiger partial charge in [-0.05, 0) is 43.5 Å². The van der Waals surface area contributed by atoms with E-state index in [4.69, 9.17) is 11.6 Å². The minimum Gasteiger partial charge on any atom is -0.349 e. The number of alkyl halides is 1. The lowest BCUT2D eigenvalue weighted by atomic mass is 10.1. The zero-order valence-corrected chi connectivity index (χ0v) is 12.6. The minimum absolute atomic E-state index is 0.0566. The largest absolute Gasteiger partial charge is 0.349 e. The molecule has 1 amide bonds. The summed E-state index contributed by atoms with van der Waals surface area (Å²) in [6.07, 6.45) is 0. The Bertz CT molecular complexity index is 388. The topological polar surface area (TPSA) is 29.1 Å². The molecule has 4 heteroatoms. The van der Waals surface area contributed by atoms with Crippen molar-refractivity contribution in [3.63, 3.8) is 0 Å². The molecule has 2 atom stereocenters. The zero-order chi connectivity index (χ0) is 13.0. The normalized spacial score (nSPS) is 14.2. The molecule has 0 heterocycles.